The zero-order valence-electron chi connectivity index (χ0n) is 17.3. The molecule has 3 amide bonds. The van der Waals surface area contributed by atoms with Crippen molar-refractivity contribution in [3.63, 3.8) is 0 Å². The topological polar surface area (TPSA) is 66.9 Å². The van der Waals surface area contributed by atoms with Gasteiger partial charge in [0.25, 0.3) is 0 Å². The number of fused-ring (bicyclic) bond motifs is 1. The van der Waals surface area contributed by atoms with Gasteiger partial charge in [0, 0.05) is 20.2 Å². The van der Waals surface area contributed by atoms with Crippen molar-refractivity contribution in [2.24, 2.45) is 23.7 Å². The lowest BCUT2D eigenvalue weighted by atomic mass is 9.85. The molecule has 0 radical (unpaired) electrons. The van der Waals surface area contributed by atoms with Gasteiger partial charge in [-0.2, -0.15) is 0 Å². The van der Waals surface area contributed by atoms with E-state index in [4.69, 9.17) is 4.74 Å². The molecule has 6 nitrogen and oxygen atoms in total. The Morgan fingerprint density at radius 2 is 1.67 bits per heavy atom. The first-order valence-corrected chi connectivity index (χ1v) is 10.1. The first kappa shape index (κ1) is 21.6. The zero-order valence-corrected chi connectivity index (χ0v) is 17.3. The molecule has 3 atom stereocenters. The number of nitrogens with zero attached hydrogens (tertiary/aromatic N) is 2. The van der Waals surface area contributed by atoms with Crippen LogP contribution >= 0.6 is 0 Å². The lowest BCUT2D eigenvalue weighted by Crippen LogP contribution is -2.53. The van der Waals surface area contributed by atoms with Crippen molar-refractivity contribution in [2.75, 3.05) is 26.8 Å². The van der Waals surface area contributed by atoms with Gasteiger partial charge in [0.1, 0.15) is 6.04 Å². The third kappa shape index (κ3) is 4.98. The van der Waals surface area contributed by atoms with E-state index in [0.717, 1.165) is 0 Å². The van der Waals surface area contributed by atoms with Crippen molar-refractivity contribution in [1.29, 1.82) is 0 Å². The monoisotopic (exact) mass is 378 g/mol. The summed E-state index contributed by atoms with van der Waals surface area (Å²) in [7, 11) is 1.61. The van der Waals surface area contributed by atoms with E-state index in [2.05, 4.69) is 13.8 Å². The average molecular weight is 379 g/mol. The van der Waals surface area contributed by atoms with Crippen LogP contribution in [0.1, 0.15) is 47.0 Å². The number of carbonyl (C=O) groups excluding carboxylic acids is 3. The second-order valence-electron chi connectivity index (χ2n) is 8.52. The second kappa shape index (κ2) is 9.49. The van der Waals surface area contributed by atoms with Crippen molar-refractivity contribution in [1.82, 2.24) is 9.80 Å². The van der Waals surface area contributed by atoms with Crippen molar-refractivity contribution >= 4 is 17.7 Å². The largest absolute Gasteiger partial charge is 0.383 e. The van der Waals surface area contributed by atoms with E-state index < -0.39 is 6.04 Å². The van der Waals surface area contributed by atoms with Crippen LogP contribution in [0.5, 0.6) is 0 Å². The van der Waals surface area contributed by atoms with E-state index in [1.54, 1.807) is 12.0 Å². The van der Waals surface area contributed by atoms with Crippen LogP contribution in [-0.2, 0) is 19.1 Å². The first-order valence-electron chi connectivity index (χ1n) is 10.1. The van der Waals surface area contributed by atoms with E-state index in [-0.39, 0.29) is 35.5 Å². The van der Waals surface area contributed by atoms with E-state index in [0.29, 0.717) is 44.9 Å². The molecule has 3 unspecified atom stereocenters. The summed E-state index contributed by atoms with van der Waals surface area (Å²) in [6.45, 7) is 9.62. The standard InChI is InChI=1S/C21H34N2O4/c1-14(2)12-18(21(26)22(10-11-27-5)13-15(3)4)23-19(24)16-8-6-7-9-17(16)20(23)25/h6-7,14-18H,8-13H2,1-5H3. The van der Waals surface area contributed by atoms with E-state index in [1.807, 2.05) is 26.0 Å². The van der Waals surface area contributed by atoms with E-state index in [1.165, 1.54) is 4.90 Å². The zero-order chi connectivity index (χ0) is 20.1. The first-order chi connectivity index (χ1) is 12.8. The quantitative estimate of drug-likeness (QED) is 0.457. The highest BCUT2D eigenvalue weighted by Crippen LogP contribution is 2.37. The van der Waals surface area contributed by atoms with Crippen LogP contribution in [0.15, 0.2) is 12.2 Å². The molecule has 1 aliphatic carbocycles. The number of methoxy groups -OCH3 is 1. The molecular formula is C21H34N2O4. The van der Waals surface area contributed by atoms with Crippen molar-refractivity contribution < 1.29 is 19.1 Å². The normalized spacial score (nSPS) is 23.3. The Balaban J connectivity index is 2.28. The summed E-state index contributed by atoms with van der Waals surface area (Å²) < 4.78 is 5.16. The Morgan fingerprint density at radius 1 is 1.11 bits per heavy atom. The van der Waals surface area contributed by atoms with Crippen LogP contribution in [0, 0.1) is 23.7 Å². The predicted molar refractivity (Wildman–Crippen MR) is 104 cm³/mol. The molecule has 0 saturated carbocycles. The Bertz CT molecular complexity index is 559. The molecule has 0 aromatic heterocycles. The van der Waals surface area contributed by atoms with Gasteiger partial charge < -0.3 is 9.64 Å². The smallest absolute Gasteiger partial charge is 0.245 e. The molecule has 27 heavy (non-hydrogen) atoms. The highest BCUT2D eigenvalue weighted by Gasteiger charge is 2.51. The third-order valence-corrected chi connectivity index (χ3v) is 5.30. The maximum absolute atomic E-state index is 13.4. The van der Waals surface area contributed by atoms with Crippen molar-refractivity contribution in [3.05, 3.63) is 12.2 Å². The van der Waals surface area contributed by atoms with Crippen LogP contribution < -0.4 is 0 Å². The van der Waals surface area contributed by atoms with Gasteiger partial charge in [-0.3, -0.25) is 19.3 Å². The van der Waals surface area contributed by atoms with Crippen LogP contribution in [0.3, 0.4) is 0 Å². The molecular weight excluding hydrogens is 344 g/mol. The molecule has 1 aliphatic heterocycles. The van der Waals surface area contributed by atoms with E-state index in [9.17, 15) is 14.4 Å². The molecule has 6 heteroatoms. The lowest BCUT2D eigenvalue weighted by molar-refractivity contribution is -0.152. The number of hydrogen-bond donors (Lipinski definition) is 0. The fourth-order valence-corrected chi connectivity index (χ4v) is 4.04. The summed E-state index contributed by atoms with van der Waals surface area (Å²) in [5.41, 5.74) is 0. The number of carbonyl (C=O) groups is 3. The Morgan fingerprint density at radius 3 is 2.11 bits per heavy atom. The van der Waals surface area contributed by atoms with Crippen LogP contribution in [-0.4, -0.2) is 60.4 Å². The minimum Gasteiger partial charge on any atom is -0.383 e. The second-order valence-corrected chi connectivity index (χ2v) is 8.52. The van der Waals surface area contributed by atoms with Gasteiger partial charge in [-0.1, -0.05) is 39.8 Å². The number of amides is 3. The van der Waals surface area contributed by atoms with Crippen LogP contribution in [0.2, 0.25) is 0 Å². The molecule has 0 N–H and O–H groups in total. The fourth-order valence-electron chi connectivity index (χ4n) is 4.04. The average Bonchev–Trinajstić information content (AvgIpc) is 2.87. The van der Waals surface area contributed by atoms with Gasteiger partial charge in [-0.15, -0.1) is 0 Å². The number of imide groups is 1. The number of rotatable bonds is 9. The molecule has 1 saturated heterocycles. The Hall–Kier alpha value is -1.69. The number of likely N-dealkylation sites (tertiary alicyclic amines) is 1. The summed E-state index contributed by atoms with van der Waals surface area (Å²) >= 11 is 0. The highest BCUT2D eigenvalue weighted by atomic mass is 16.5. The summed E-state index contributed by atoms with van der Waals surface area (Å²) in [6.07, 6.45) is 5.61. The highest BCUT2D eigenvalue weighted by molar-refractivity contribution is 6.08. The Kier molecular flexibility index (Phi) is 7.59. The minimum absolute atomic E-state index is 0.136. The summed E-state index contributed by atoms with van der Waals surface area (Å²) in [4.78, 5) is 42.5. The number of hydrogen-bond acceptors (Lipinski definition) is 4. The fraction of sp³-hybridized carbons (Fsp3) is 0.762. The molecule has 2 rings (SSSR count). The van der Waals surface area contributed by atoms with Crippen molar-refractivity contribution in [3.8, 4) is 0 Å². The lowest BCUT2D eigenvalue weighted by Gasteiger charge is -2.33. The van der Waals surface area contributed by atoms with Gasteiger partial charge in [0.15, 0.2) is 0 Å². The summed E-state index contributed by atoms with van der Waals surface area (Å²) in [5.74, 6) is -0.604. The molecule has 0 bridgehead atoms. The van der Waals surface area contributed by atoms with Gasteiger partial charge in [-0.25, -0.2) is 0 Å². The maximum Gasteiger partial charge on any atom is 0.245 e. The summed E-state index contributed by atoms with van der Waals surface area (Å²) in [6, 6.07) is -0.716. The van der Waals surface area contributed by atoms with Gasteiger partial charge in [0.2, 0.25) is 17.7 Å². The van der Waals surface area contributed by atoms with Gasteiger partial charge >= 0.3 is 0 Å². The molecule has 152 valence electrons. The third-order valence-electron chi connectivity index (χ3n) is 5.30. The van der Waals surface area contributed by atoms with Crippen LogP contribution in [0.4, 0.5) is 0 Å². The predicted octanol–water partition coefficient (Wildman–Crippen LogP) is 2.48. The molecule has 1 heterocycles. The molecule has 2 aliphatic rings. The van der Waals surface area contributed by atoms with Gasteiger partial charge in [0.05, 0.1) is 18.4 Å². The number of allylic oxidation sites excluding steroid dienone is 2. The molecule has 1 fully saturated rings. The maximum atomic E-state index is 13.4. The van der Waals surface area contributed by atoms with Crippen LogP contribution in [0.25, 0.3) is 0 Å². The SMILES string of the molecule is COCCN(CC(C)C)C(=O)C(CC(C)C)N1C(=O)C2CC=CCC2C1=O. The molecule has 0 aromatic rings. The number of ether oxygens (including phenoxy) is 1. The summed E-state index contributed by atoms with van der Waals surface area (Å²) in [5, 5.41) is 0. The van der Waals surface area contributed by atoms with Gasteiger partial charge in [-0.05, 0) is 31.1 Å². The molecule has 0 aromatic carbocycles. The van der Waals surface area contributed by atoms with Crippen molar-refractivity contribution in [2.45, 2.75) is 53.0 Å². The van der Waals surface area contributed by atoms with E-state index >= 15 is 0 Å². The Labute approximate surface area is 162 Å². The minimum atomic E-state index is -0.716. The molecule has 0 spiro atoms.